The first-order valence-corrected chi connectivity index (χ1v) is 6.92. The van der Waals surface area contributed by atoms with Crippen LogP contribution < -0.4 is 0 Å². The summed E-state index contributed by atoms with van der Waals surface area (Å²) in [6.45, 7) is 4.49. The first-order valence-electron chi connectivity index (χ1n) is 5.80. The van der Waals surface area contributed by atoms with Gasteiger partial charge in [0.1, 0.15) is 0 Å². The Morgan fingerprint density at radius 1 is 1.20 bits per heavy atom. The second-order valence-corrected chi connectivity index (χ2v) is 5.77. The highest BCUT2D eigenvalue weighted by molar-refractivity contribution is 9.09. The third-order valence-corrected chi connectivity index (χ3v) is 4.66. The van der Waals surface area contributed by atoms with Crippen molar-refractivity contribution < 1.29 is 0 Å². The van der Waals surface area contributed by atoms with Gasteiger partial charge in [-0.2, -0.15) is 0 Å². The summed E-state index contributed by atoms with van der Waals surface area (Å²) >= 11 is 3.63. The van der Waals surface area contributed by atoms with E-state index in [4.69, 9.17) is 0 Å². The van der Waals surface area contributed by atoms with Crippen LogP contribution in [0.3, 0.4) is 0 Å². The Balaban J connectivity index is 2.04. The zero-order valence-corrected chi connectivity index (χ0v) is 11.2. The van der Waals surface area contributed by atoms with Gasteiger partial charge in [-0.3, -0.25) is 0 Å². The van der Waals surface area contributed by atoms with E-state index >= 15 is 0 Å². The summed E-state index contributed by atoms with van der Waals surface area (Å²) in [7, 11) is 0. The molecule has 15 heavy (non-hydrogen) atoms. The maximum atomic E-state index is 3.63. The monoisotopic (exact) mass is 266 g/mol. The van der Waals surface area contributed by atoms with Crippen LogP contribution >= 0.6 is 15.9 Å². The van der Waals surface area contributed by atoms with Crippen LogP contribution in [0, 0.1) is 5.41 Å². The van der Waals surface area contributed by atoms with E-state index in [-0.39, 0.29) is 0 Å². The Morgan fingerprint density at radius 3 is 2.20 bits per heavy atom. The molecule has 1 aromatic carbocycles. The van der Waals surface area contributed by atoms with Crippen molar-refractivity contribution in [2.45, 2.75) is 39.0 Å². The molecule has 1 aromatic rings. The summed E-state index contributed by atoms with van der Waals surface area (Å²) in [6.07, 6.45) is 4.03. The van der Waals surface area contributed by atoms with E-state index in [1.807, 2.05) is 0 Å². The highest BCUT2D eigenvalue weighted by atomic mass is 79.9. The van der Waals surface area contributed by atoms with Crippen LogP contribution in [0.15, 0.2) is 24.3 Å². The third-order valence-electron chi connectivity index (χ3n) is 3.47. The molecule has 0 spiro atoms. The highest BCUT2D eigenvalue weighted by Gasteiger charge is 2.41. The van der Waals surface area contributed by atoms with Gasteiger partial charge in [0.05, 0.1) is 0 Å². The summed E-state index contributed by atoms with van der Waals surface area (Å²) in [5.74, 6) is 0.644. The van der Waals surface area contributed by atoms with Gasteiger partial charge >= 0.3 is 0 Å². The van der Waals surface area contributed by atoms with Crippen molar-refractivity contribution >= 4 is 15.9 Å². The molecule has 0 saturated heterocycles. The second-order valence-electron chi connectivity index (χ2n) is 5.21. The molecule has 0 nitrogen and oxygen atoms in total. The Hall–Kier alpha value is -0.300. The molecule has 1 aliphatic carbocycles. The van der Waals surface area contributed by atoms with E-state index < -0.39 is 0 Å². The molecular formula is C14H19Br. The van der Waals surface area contributed by atoms with Gasteiger partial charge in [0.2, 0.25) is 0 Å². The van der Waals surface area contributed by atoms with Gasteiger partial charge in [-0.05, 0) is 41.7 Å². The molecule has 1 fully saturated rings. The van der Waals surface area contributed by atoms with E-state index in [0.717, 1.165) is 5.33 Å². The summed E-state index contributed by atoms with van der Waals surface area (Å²) in [6, 6.07) is 9.17. The van der Waals surface area contributed by atoms with E-state index in [0.29, 0.717) is 11.3 Å². The van der Waals surface area contributed by atoms with Crippen molar-refractivity contribution in [3.05, 3.63) is 35.4 Å². The molecule has 1 aliphatic rings. The van der Waals surface area contributed by atoms with Crippen LogP contribution in [0.4, 0.5) is 0 Å². The largest absolute Gasteiger partial charge is 0.0922 e. The molecule has 0 bridgehead atoms. The fraction of sp³-hybridized carbons (Fsp3) is 0.571. The first-order chi connectivity index (χ1) is 7.15. The molecule has 0 aromatic heterocycles. The van der Waals surface area contributed by atoms with Crippen LogP contribution in [-0.4, -0.2) is 5.33 Å². The Morgan fingerprint density at radius 2 is 1.80 bits per heavy atom. The van der Waals surface area contributed by atoms with E-state index in [1.165, 1.54) is 30.4 Å². The minimum Gasteiger partial charge on any atom is -0.0922 e. The number of halogens is 1. The SMILES string of the molecule is CC(C)c1ccc(CC2(CBr)CC2)cc1. The van der Waals surface area contributed by atoms with Gasteiger partial charge in [-0.25, -0.2) is 0 Å². The van der Waals surface area contributed by atoms with Crippen LogP contribution in [0.2, 0.25) is 0 Å². The maximum absolute atomic E-state index is 3.63. The molecule has 82 valence electrons. The standard InChI is InChI=1S/C14H19Br/c1-11(2)13-5-3-12(4-6-13)9-14(10-15)7-8-14/h3-6,11H,7-10H2,1-2H3. The van der Waals surface area contributed by atoms with Gasteiger partial charge in [0.15, 0.2) is 0 Å². The van der Waals surface area contributed by atoms with Crippen LogP contribution in [-0.2, 0) is 6.42 Å². The van der Waals surface area contributed by atoms with Crippen molar-refractivity contribution in [1.82, 2.24) is 0 Å². The highest BCUT2D eigenvalue weighted by Crippen LogP contribution is 2.49. The van der Waals surface area contributed by atoms with Gasteiger partial charge in [0, 0.05) is 5.33 Å². The molecule has 0 unspecified atom stereocenters. The molecule has 0 aliphatic heterocycles. The second kappa shape index (κ2) is 4.29. The lowest BCUT2D eigenvalue weighted by atomic mass is 9.95. The Bertz CT molecular complexity index is 320. The predicted octanol–water partition coefficient (Wildman–Crippen LogP) is 4.53. The average Bonchev–Trinajstić information content (AvgIpc) is 2.99. The quantitative estimate of drug-likeness (QED) is 0.703. The minimum atomic E-state index is 0.597. The summed E-state index contributed by atoms with van der Waals surface area (Å²) in [4.78, 5) is 0. The molecule has 0 N–H and O–H groups in total. The van der Waals surface area contributed by atoms with Gasteiger partial charge in [-0.1, -0.05) is 54.0 Å². The van der Waals surface area contributed by atoms with Gasteiger partial charge < -0.3 is 0 Å². The lowest BCUT2D eigenvalue weighted by molar-refractivity contribution is 0.586. The lowest BCUT2D eigenvalue weighted by Crippen LogP contribution is -2.06. The molecule has 0 atom stereocenters. The maximum Gasteiger partial charge on any atom is 0.00911 e. The predicted molar refractivity (Wildman–Crippen MR) is 69.7 cm³/mol. The zero-order valence-electron chi connectivity index (χ0n) is 9.59. The summed E-state index contributed by atoms with van der Waals surface area (Å²) < 4.78 is 0. The summed E-state index contributed by atoms with van der Waals surface area (Å²) in [5, 5.41) is 1.16. The van der Waals surface area contributed by atoms with Crippen molar-refractivity contribution in [3.63, 3.8) is 0 Å². The average molecular weight is 267 g/mol. The van der Waals surface area contributed by atoms with Crippen LogP contribution in [0.1, 0.15) is 43.7 Å². The number of alkyl halides is 1. The molecule has 2 rings (SSSR count). The first kappa shape index (κ1) is 11.2. The molecular weight excluding hydrogens is 248 g/mol. The van der Waals surface area contributed by atoms with Gasteiger partial charge in [-0.15, -0.1) is 0 Å². The normalized spacial score (nSPS) is 18.1. The van der Waals surface area contributed by atoms with Crippen molar-refractivity contribution in [2.75, 3.05) is 5.33 Å². The number of hydrogen-bond donors (Lipinski definition) is 0. The number of hydrogen-bond acceptors (Lipinski definition) is 0. The lowest BCUT2D eigenvalue weighted by Gasteiger charge is -2.12. The van der Waals surface area contributed by atoms with Crippen molar-refractivity contribution in [2.24, 2.45) is 5.41 Å². The van der Waals surface area contributed by atoms with Crippen molar-refractivity contribution in [1.29, 1.82) is 0 Å². The third kappa shape index (κ3) is 2.63. The fourth-order valence-corrected chi connectivity index (χ4v) is 2.75. The Kier molecular flexibility index (Phi) is 3.20. The minimum absolute atomic E-state index is 0.597. The smallest absolute Gasteiger partial charge is 0.00911 e. The van der Waals surface area contributed by atoms with Crippen molar-refractivity contribution in [3.8, 4) is 0 Å². The Labute approximate surface area is 101 Å². The number of rotatable bonds is 4. The fourth-order valence-electron chi connectivity index (χ4n) is 1.99. The molecule has 1 saturated carbocycles. The number of benzene rings is 1. The molecule has 0 heterocycles. The zero-order chi connectivity index (χ0) is 10.9. The topological polar surface area (TPSA) is 0 Å². The van der Waals surface area contributed by atoms with Crippen LogP contribution in [0.25, 0.3) is 0 Å². The van der Waals surface area contributed by atoms with Gasteiger partial charge in [0.25, 0.3) is 0 Å². The van der Waals surface area contributed by atoms with E-state index in [2.05, 4.69) is 54.0 Å². The summed E-state index contributed by atoms with van der Waals surface area (Å²) in [5.41, 5.74) is 3.54. The van der Waals surface area contributed by atoms with E-state index in [9.17, 15) is 0 Å². The molecule has 1 heteroatoms. The van der Waals surface area contributed by atoms with Crippen LogP contribution in [0.5, 0.6) is 0 Å². The molecule has 0 amide bonds. The molecule has 0 radical (unpaired) electrons. The van der Waals surface area contributed by atoms with E-state index in [1.54, 1.807) is 0 Å².